The van der Waals surface area contributed by atoms with Crippen molar-refractivity contribution < 1.29 is 9.59 Å². The van der Waals surface area contributed by atoms with Crippen LogP contribution in [0, 0.1) is 5.92 Å². The van der Waals surface area contributed by atoms with Crippen molar-refractivity contribution in [2.45, 2.75) is 52.0 Å². The highest BCUT2D eigenvalue weighted by Gasteiger charge is 2.38. The molecule has 0 N–H and O–H groups in total. The second-order valence-corrected chi connectivity index (χ2v) is 4.98. The van der Waals surface area contributed by atoms with Crippen LogP contribution in [-0.2, 0) is 9.59 Å². The number of hydrogen-bond donors (Lipinski definition) is 0. The Morgan fingerprint density at radius 3 is 2.07 bits per heavy atom. The summed E-state index contributed by atoms with van der Waals surface area (Å²) in [4.78, 5) is 25.1. The zero-order valence-corrected chi connectivity index (χ0v) is 10.2. The predicted octanol–water partition coefficient (Wildman–Crippen LogP) is 2.00. The molecule has 0 atom stereocenters. The average molecular weight is 211 g/mol. The molecule has 0 bridgehead atoms. The van der Waals surface area contributed by atoms with Gasteiger partial charge in [0.2, 0.25) is 5.91 Å². The summed E-state index contributed by atoms with van der Waals surface area (Å²) in [6, 6.07) is 0. The third kappa shape index (κ3) is 2.39. The fourth-order valence-corrected chi connectivity index (χ4v) is 2.25. The van der Waals surface area contributed by atoms with E-state index >= 15 is 0 Å². The molecule has 0 aromatic rings. The van der Waals surface area contributed by atoms with E-state index in [1.54, 1.807) is 11.9 Å². The number of carbonyl (C=O) groups excluding carboxylic acids is 2. The molecule has 3 nitrogen and oxygen atoms in total. The third-order valence-electron chi connectivity index (χ3n) is 3.64. The minimum absolute atomic E-state index is 0.0497. The van der Waals surface area contributed by atoms with E-state index in [9.17, 15) is 9.59 Å². The van der Waals surface area contributed by atoms with Gasteiger partial charge in [-0.25, -0.2) is 0 Å². The van der Waals surface area contributed by atoms with Crippen molar-refractivity contribution >= 4 is 11.7 Å². The van der Waals surface area contributed by atoms with Gasteiger partial charge in [-0.1, -0.05) is 12.8 Å². The van der Waals surface area contributed by atoms with Crippen molar-refractivity contribution in [3.63, 3.8) is 0 Å². The van der Waals surface area contributed by atoms with E-state index in [-0.39, 0.29) is 17.6 Å². The smallest absolute Gasteiger partial charge is 0.219 e. The van der Waals surface area contributed by atoms with E-state index in [1.165, 1.54) is 6.92 Å². The summed E-state index contributed by atoms with van der Waals surface area (Å²) < 4.78 is 0. The van der Waals surface area contributed by atoms with Gasteiger partial charge in [-0.05, 0) is 26.7 Å². The summed E-state index contributed by atoms with van der Waals surface area (Å²) in [5.41, 5.74) is -0.652. The number of Topliss-reactive ketones (excluding diaryl/α,β-unsaturated/α-hetero) is 1. The van der Waals surface area contributed by atoms with Crippen molar-refractivity contribution in [2.75, 3.05) is 7.05 Å². The van der Waals surface area contributed by atoms with Gasteiger partial charge < -0.3 is 4.90 Å². The largest absolute Gasteiger partial charge is 0.334 e. The van der Waals surface area contributed by atoms with Crippen LogP contribution in [0.1, 0.15) is 46.5 Å². The van der Waals surface area contributed by atoms with Crippen LogP contribution in [0.25, 0.3) is 0 Å². The Bertz CT molecular complexity index is 265. The molecule has 3 heteroatoms. The van der Waals surface area contributed by atoms with Crippen molar-refractivity contribution in [3.05, 3.63) is 0 Å². The number of hydrogen-bond acceptors (Lipinski definition) is 2. The van der Waals surface area contributed by atoms with Crippen molar-refractivity contribution in [1.82, 2.24) is 4.90 Å². The van der Waals surface area contributed by atoms with Crippen LogP contribution < -0.4 is 0 Å². The first-order chi connectivity index (χ1) is 6.87. The van der Waals surface area contributed by atoms with Gasteiger partial charge in [0.25, 0.3) is 0 Å². The fraction of sp³-hybridized carbons (Fsp3) is 0.833. The van der Waals surface area contributed by atoms with Crippen LogP contribution in [0.2, 0.25) is 0 Å². The summed E-state index contributed by atoms with van der Waals surface area (Å²) in [5, 5.41) is 0. The Kier molecular flexibility index (Phi) is 3.53. The second-order valence-electron chi connectivity index (χ2n) is 4.98. The number of likely N-dealkylation sites (N-methyl/N-ethyl adjacent to an activating group) is 1. The molecule has 15 heavy (non-hydrogen) atoms. The lowest BCUT2D eigenvalue weighted by molar-refractivity contribution is -0.143. The Balaban J connectivity index is 2.75. The molecule has 0 aliphatic heterocycles. The van der Waals surface area contributed by atoms with Crippen molar-refractivity contribution in [3.8, 4) is 0 Å². The molecule has 0 heterocycles. The summed E-state index contributed by atoms with van der Waals surface area (Å²) >= 11 is 0. The van der Waals surface area contributed by atoms with E-state index in [2.05, 4.69) is 0 Å². The van der Waals surface area contributed by atoms with Gasteiger partial charge in [-0.15, -0.1) is 0 Å². The molecule has 0 radical (unpaired) electrons. The maximum absolute atomic E-state index is 12.2. The zero-order valence-electron chi connectivity index (χ0n) is 10.2. The molecule has 1 rings (SSSR count). The van der Waals surface area contributed by atoms with Gasteiger partial charge in [-0.3, -0.25) is 9.59 Å². The molecule has 0 saturated heterocycles. The normalized spacial score (nSPS) is 17.9. The second kappa shape index (κ2) is 4.33. The Morgan fingerprint density at radius 1 is 1.20 bits per heavy atom. The quantitative estimate of drug-likeness (QED) is 0.716. The predicted molar refractivity (Wildman–Crippen MR) is 59.5 cm³/mol. The van der Waals surface area contributed by atoms with Gasteiger partial charge in [0, 0.05) is 19.9 Å². The Morgan fingerprint density at radius 2 is 1.67 bits per heavy atom. The SMILES string of the molecule is CC(=O)N(C)C(C)(C)C(=O)C1CCCC1. The molecule has 1 fully saturated rings. The van der Waals surface area contributed by atoms with Gasteiger partial charge in [0.15, 0.2) is 5.78 Å². The van der Waals surface area contributed by atoms with Gasteiger partial charge in [-0.2, -0.15) is 0 Å². The lowest BCUT2D eigenvalue weighted by Crippen LogP contribution is -2.52. The Labute approximate surface area is 91.8 Å². The van der Waals surface area contributed by atoms with Crippen LogP contribution in [0.5, 0.6) is 0 Å². The van der Waals surface area contributed by atoms with E-state index in [1.807, 2.05) is 13.8 Å². The molecular weight excluding hydrogens is 190 g/mol. The maximum atomic E-state index is 12.2. The fourth-order valence-electron chi connectivity index (χ4n) is 2.25. The molecule has 0 aromatic heterocycles. The van der Waals surface area contributed by atoms with Gasteiger partial charge in [0.05, 0.1) is 5.54 Å². The molecule has 0 spiro atoms. The molecule has 1 aliphatic carbocycles. The minimum Gasteiger partial charge on any atom is -0.334 e. The number of rotatable bonds is 3. The number of ketones is 1. The molecule has 0 unspecified atom stereocenters. The average Bonchev–Trinajstić information content (AvgIpc) is 2.67. The van der Waals surface area contributed by atoms with E-state index in [0.717, 1.165) is 25.7 Å². The highest BCUT2D eigenvalue weighted by Crippen LogP contribution is 2.30. The topological polar surface area (TPSA) is 37.4 Å². The first-order valence-electron chi connectivity index (χ1n) is 5.66. The van der Waals surface area contributed by atoms with Gasteiger partial charge in [0.1, 0.15) is 0 Å². The van der Waals surface area contributed by atoms with Crippen LogP contribution >= 0.6 is 0 Å². The number of carbonyl (C=O) groups is 2. The molecule has 0 aromatic carbocycles. The van der Waals surface area contributed by atoms with Gasteiger partial charge >= 0.3 is 0 Å². The molecular formula is C12H21NO2. The summed E-state index contributed by atoms with van der Waals surface area (Å²) in [6.45, 7) is 5.19. The minimum atomic E-state index is -0.652. The molecule has 1 saturated carbocycles. The number of amides is 1. The maximum Gasteiger partial charge on any atom is 0.219 e. The summed E-state index contributed by atoms with van der Waals surface area (Å²) in [5.74, 6) is 0.339. The first kappa shape index (κ1) is 12.2. The highest BCUT2D eigenvalue weighted by molar-refractivity contribution is 5.93. The summed E-state index contributed by atoms with van der Waals surface area (Å²) in [7, 11) is 1.70. The zero-order chi connectivity index (χ0) is 11.6. The monoisotopic (exact) mass is 211 g/mol. The lowest BCUT2D eigenvalue weighted by Gasteiger charge is -2.35. The van der Waals surface area contributed by atoms with Crippen molar-refractivity contribution in [1.29, 1.82) is 0 Å². The first-order valence-corrected chi connectivity index (χ1v) is 5.66. The van der Waals surface area contributed by atoms with Crippen molar-refractivity contribution in [2.24, 2.45) is 5.92 Å². The number of nitrogens with zero attached hydrogens (tertiary/aromatic N) is 1. The van der Waals surface area contributed by atoms with Crippen LogP contribution in [-0.4, -0.2) is 29.2 Å². The lowest BCUT2D eigenvalue weighted by atomic mass is 9.86. The van der Waals surface area contributed by atoms with Crippen LogP contribution in [0.3, 0.4) is 0 Å². The van der Waals surface area contributed by atoms with Crippen LogP contribution in [0.4, 0.5) is 0 Å². The highest BCUT2D eigenvalue weighted by atomic mass is 16.2. The molecule has 1 aliphatic rings. The van der Waals surface area contributed by atoms with E-state index < -0.39 is 5.54 Å². The Hall–Kier alpha value is -0.860. The van der Waals surface area contributed by atoms with Crippen LogP contribution in [0.15, 0.2) is 0 Å². The standard InChI is InChI=1S/C12H21NO2/c1-9(14)13(4)12(2,3)11(15)10-7-5-6-8-10/h10H,5-8H2,1-4H3. The molecule has 1 amide bonds. The van der Waals surface area contributed by atoms with E-state index in [4.69, 9.17) is 0 Å². The molecule has 86 valence electrons. The third-order valence-corrected chi connectivity index (χ3v) is 3.64. The van der Waals surface area contributed by atoms with E-state index in [0.29, 0.717) is 0 Å². The summed E-state index contributed by atoms with van der Waals surface area (Å²) in [6.07, 6.45) is 4.29.